The second kappa shape index (κ2) is 6.05. The Hall–Kier alpha value is -3.15. The molecular weight excluding hydrogens is 316 g/mol. The first-order valence-corrected chi connectivity index (χ1v) is 8.15. The number of carbonyl (C=O) groups excluding carboxylic acids is 1. The second-order valence-corrected chi connectivity index (χ2v) is 6.05. The van der Waals surface area contributed by atoms with Gasteiger partial charge in [-0.15, -0.1) is 0 Å². The lowest BCUT2D eigenvalue weighted by molar-refractivity contribution is -0.122. The molecule has 0 aliphatic carbocycles. The lowest BCUT2D eigenvalue weighted by Gasteiger charge is -2.07. The predicted octanol–water partition coefficient (Wildman–Crippen LogP) is 3.11. The van der Waals surface area contributed by atoms with Crippen LogP contribution in [0.2, 0.25) is 0 Å². The van der Waals surface area contributed by atoms with Gasteiger partial charge < -0.3 is 9.73 Å². The number of aryl methyl sites for hydroxylation is 2. The summed E-state index contributed by atoms with van der Waals surface area (Å²) in [6.45, 7) is 4.50. The van der Waals surface area contributed by atoms with Crippen LogP contribution in [0.1, 0.15) is 17.0 Å². The highest BCUT2D eigenvalue weighted by Crippen LogP contribution is 2.27. The fraction of sp³-hybridized carbons (Fsp3) is 0.211. The van der Waals surface area contributed by atoms with E-state index in [1.807, 2.05) is 31.2 Å². The molecule has 1 amide bonds. The van der Waals surface area contributed by atoms with Gasteiger partial charge in [0.25, 0.3) is 0 Å². The number of rotatable bonds is 4. The summed E-state index contributed by atoms with van der Waals surface area (Å²) in [4.78, 5) is 17.0. The van der Waals surface area contributed by atoms with Gasteiger partial charge in [-0.1, -0.05) is 18.2 Å². The molecule has 0 fully saturated rings. The standard InChI is InChI=1S/C19H18N4O2/c1-12-15-7-3-4-8-16(15)21-19-18(12)13(2)22-23(19)11-17(24)20-10-14-6-5-9-25-14/h3-9H,10-11H2,1-2H3,(H,20,24). The molecule has 0 bridgehead atoms. The maximum atomic E-state index is 12.3. The topological polar surface area (TPSA) is 73.0 Å². The van der Waals surface area contributed by atoms with Gasteiger partial charge in [0.1, 0.15) is 12.3 Å². The Morgan fingerprint density at radius 3 is 2.84 bits per heavy atom. The van der Waals surface area contributed by atoms with Crippen molar-refractivity contribution in [2.24, 2.45) is 0 Å². The third-order valence-electron chi connectivity index (χ3n) is 4.34. The van der Waals surface area contributed by atoms with Crippen LogP contribution in [-0.4, -0.2) is 20.7 Å². The highest BCUT2D eigenvalue weighted by atomic mass is 16.3. The van der Waals surface area contributed by atoms with Crippen molar-refractivity contribution < 1.29 is 9.21 Å². The molecule has 6 heteroatoms. The van der Waals surface area contributed by atoms with Crippen molar-refractivity contribution in [3.63, 3.8) is 0 Å². The number of nitrogens with zero attached hydrogens (tertiary/aromatic N) is 3. The van der Waals surface area contributed by atoms with Gasteiger partial charge in [0, 0.05) is 10.8 Å². The number of furan rings is 1. The molecule has 0 atom stereocenters. The van der Waals surface area contributed by atoms with Crippen molar-refractivity contribution in [1.29, 1.82) is 0 Å². The van der Waals surface area contributed by atoms with Crippen molar-refractivity contribution in [1.82, 2.24) is 20.1 Å². The number of carbonyl (C=O) groups is 1. The summed E-state index contributed by atoms with van der Waals surface area (Å²) in [5, 5.41) is 9.49. The number of benzene rings is 1. The van der Waals surface area contributed by atoms with E-state index in [0.717, 1.165) is 39.0 Å². The van der Waals surface area contributed by atoms with Crippen molar-refractivity contribution in [2.45, 2.75) is 26.9 Å². The molecule has 0 spiro atoms. The number of hydrogen-bond acceptors (Lipinski definition) is 4. The lowest BCUT2D eigenvalue weighted by atomic mass is 10.1. The van der Waals surface area contributed by atoms with E-state index in [4.69, 9.17) is 9.40 Å². The molecule has 3 aromatic heterocycles. The van der Waals surface area contributed by atoms with Crippen LogP contribution in [0.15, 0.2) is 47.1 Å². The number of para-hydroxylation sites is 1. The van der Waals surface area contributed by atoms with Crippen LogP contribution in [0.4, 0.5) is 0 Å². The molecule has 0 aliphatic rings. The third-order valence-corrected chi connectivity index (χ3v) is 4.34. The number of fused-ring (bicyclic) bond motifs is 2. The zero-order chi connectivity index (χ0) is 17.4. The molecule has 1 N–H and O–H groups in total. The quantitative estimate of drug-likeness (QED) is 0.622. The van der Waals surface area contributed by atoms with Gasteiger partial charge in [-0.3, -0.25) is 4.79 Å². The minimum atomic E-state index is -0.131. The highest BCUT2D eigenvalue weighted by molar-refractivity contribution is 5.97. The lowest BCUT2D eigenvalue weighted by Crippen LogP contribution is -2.27. The Morgan fingerprint density at radius 1 is 1.20 bits per heavy atom. The third kappa shape index (κ3) is 2.76. The average Bonchev–Trinajstić information content (AvgIpc) is 3.22. The molecule has 0 unspecified atom stereocenters. The molecule has 6 nitrogen and oxygen atoms in total. The fourth-order valence-corrected chi connectivity index (χ4v) is 3.16. The van der Waals surface area contributed by atoms with E-state index in [1.54, 1.807) is 17.0 Å². The molecule has 25 heavy (non-hydrogen) atoms. The van der Waals surface area contributed by atoms with Gasteiger partial charge in [0.2, 0.25) is 5.91 Å². The first-order valence-electron chi connectivity index (χ1n) is 8.15. The van der Waals surface area contributed by atoms with Gasteiger partial charge in [-0.2, -0.15) is 5.10 Å². The van der Waals surface area contributed by atoms with E-state index in [9.17, 15) is 4.79 Å². The van der Waals surface area contributed by atoms with Crippen molar-refractivity contribution >= 4 is 27.8 Å². The molecule has 1 aromatic carbocycles. The second-order valence-electron chi connectivity index (χ2n) is 6.05. The van der Waals surface area contributed by atoms with Crippen molar-refractivity contribution in [2.75, 3.05) is 0 Å². The predicted molar refractivity (Wildman–Crippen MR) is 95.1 cm³/mol. The van der Waals surface area contributed by atoms with E-state index in [0.29, 0.717) is 6.54 Å². The molecule has 0 saturated heterocycles. The van der Waals surface area contributed by atoms with Crippen LogP contribution >= 0.6 is 0 Å². The number of aromatic nitrogens is 3. The molecule has 4 rings (SSSR count). The number of pyridine rings is 1. The van der Waals surface area contributed by atoms with E-state index in [-0.39, 0.29) is 12.5 Å². The Labute approximate surface area is 144 Å². The van der Waals surface area contributed by atoms with Gasteiger partial charge >= 0.3 is 0 Å². The monoisotopic (exact) mass is 334 g/mol. The Balaban J connectivity index is 1.66. The zero-order valence-corrected chi connectivity index (χ0v) is 14.1. The molecule has 126 valence electrons. The summed E-state index contributed by atoms with van der Waals surface area (Å²) in [5.74, 6) is 0.586. The normalized spacial score (nSPS) is 11.3. The zero-order valence-electron chi connectivity index (χ0n) is 14.1. The molecule has 0 aliphatic heterocycles. The number of hydrogen-bond donors (Lipinski definition) is 1. The summed E-state index contributed by atoms with van der Waals surface area (Å²) in [6.07, 6.45) is 1.59. The molecule has 4 aromatic rings. The van der Waals surface area contributed by atoms with E-state index >= 15 is 0 Å². The largest absolute Gasteiger partial charge is 0.467 e. The molecular formula is C19H18N4O2. The minimum absolute atomic E-state index is 0.121. The summed E-state index contributed by atoms with van der Waals surface area (Å²) >= 11 is 0. The van der Waals surface area contributed by atoms with Crippen molar-refractivity contribution in [3.05, 3.63) is 59.7 Å². The van der Waals surface area contributed by atoms with Gasteiger partial charge in [0.05, 0.1) is 24.0 Å². The first-order chi connectivity index (χ1) is 12.1. The van der Waals surface area contributed by atoms with Crippen LogP contribution in [0, 0.1) is 13.8 Å². The summed E-state index contributed by atoms with van der Waals surface area (Å²) in [6, 6.07) is 11.6. The SMILES string of the molecule is Cc1nn(CC(=O)NCc2ccco2)c2nc3ccccc3c(C)c12. The van der Waals surface area contributed by atoms with E-state index < -0.39 is 0 Å². The Morgan fingerprint density at radius 2 is 2.04 bits per heavy atom. The van der Waals surface area contributed by atoms with Gasteiger partial charge in [-0.25, -0.2) is 9.67 Å². The van der Waals surface area contributed by atoms with Gasteiger partial charge in [0.15, 0.2) is 5.65 Å². The van der Waals surface area contributed by atoms with Crippen LogP contribution in [-0.2, 0) is 17.9 Å². The fourth-order valence-electron chi connectivity index (χ4n) is 3.16. The van der Waals surface area contributed by atoms with Crippen LogP contribution in [0.5, 0.6) is 0 Å². The minimum Gasteiger partial charge on any atom is -0.467 e. The Kier molecular flexibility index (Phi) is 3.72. The van der Waals surface area contributed by atoms with E-state index in [1.165, 1.54) is 0 Å². The van der Waals surface area contributed by atoms with Crippen LogP contribution < -0.4 is 5.32 Å². The van der Waals surface area contributed by atoms with Crippen LogP contribution in [0.3, 0.4) is 0 Å². The molecule has 0 saturated carbocycles. The maximum absolute atomic E-state index is 12.3. The number of nitrogens with one attached hydrogen (secondary N) is 1. The van der Waals surface area contributed by atoms with E-state index in [2.05, 4.69) is 23.4 Å². The molecule has 3 heterocycles. The number of amides is 1. The van der Waals surface area contributed by atoms with Crippen LogP contribution in [0.25, 0.3) is 21.9 Å². The maximum Gasteiger partial charge on any atom is 0.242 e. The van der Waals surface area contributed by atoms with Gasteiger partial charge in [-0.05, 0) is 37.6 Å². The summed E-state index contributed by atoms with van der Waals surface area (Å²) in [5.41, 5.74) is 3.66. The molecule has 0 radical (unpaired) electrons. The average molecular weight is 334 g/mol. The highest BCUT2D eigenvalue weighted by Gasteiger charge is 2.16. The smallest absolute Gasteiger partial charge is 0.242 e. The summed E-state index contributed by atoms with van der Waals surface area (Å²) in [7, 11) is 0. The first kappa shape index (κ1) is 15.4. The summed E-state index contributed by atoms with van der Waals surface area (Å²) < 4.78 is 6.89. The Bertz CT molecular complexity index is 1060. The van der Waals surface area contributed by atoms with Crippen molar-refractivity contribution in [3.8, 4) is 0 Å².